The molecule has 1 aliphatic rings. The number of hydrogen-bond acceptors (Lipinski definition) is 3. The Bertz CT molecular complexity index is 265. The smallest absolute Gasteiger partial charge is 0.251 e. The number of nitrogens with one attached hydrogen (secondary N) is 2. The highest BCUT2D eigenvalue weighted by molar-refractivity contribution is 6.04. The molecule has 0 aromatic carbocycles. The molecule has 0 radical (unpaired) electrons. The van der Waals surface area contributed by atoms with Crippen molar-refractivity contribution in [3.63, 3.8) is 0 Å². The summed E-state index contributed by atoms with van der Waals surface area (Å²) in [5.41, 5.74) is -0.0637. The van der Waals surface area contributed by atoms with Gasteiger partial charge in [0.2, 0.25) is 0 Å². The molecule has 1 heterocycles. The van der Waals surface area contributed by atoms with Crippen LogP contribution in [-0.4, -0.2) is 23.4 Å². The average Bonchev–Trinajstić information content (AvgIpc) is 2.39. The van der Waals surface area contributed by atoms with Crippen LogP contribution >= 0.6 is 0 Å². The molecule has 0 spiro atoms. The number of aliphatic imine (C=N–C) groups is 1. The normalized spacial score (nSPS) is 21.2. The first-order chi connectivity index (χ1) is 6.92. The van der Waals surface area contributed by atoms with Gasteiger partial charge in [-0.3, -0.25) is 10.1 Å². The average molecular weight is 211 g/mol. The molecule has 86 valence electrons. The van der Waals surface area contributed by atoms with Crippen LogP contribution in [0, 0.1) is 0 Å². The van der Waals surface area contributed by atoms with Gasteiger partial charge in [-0.1, -0.05) is 19.8 Å². The third-order valence-electron chi connectivity index (χ3n) is 2.15. The molecule has 0 saturated carbocycles. The van der Waals surface area contributed by atoms with Crippen molar-refractivity contribution in [1.29, 1.82) is 0 Å². The summed E-state index contributed by atoms with van der Waals surface area (Å²) in [4.78, 5) is 15.8. The van der Waals surface area contributed by atoms with Crippen molar-refractivity contribution >= 4 is 11.9 Å². The fraction of sp³-hybridized carbons (Fsp3) is 0.818. The van der Waals surface area contributed by atoms with E-state index in [0.717, 1.165) is 19.3 Å². The number of guanidine groups is 1. The summed E-state index contributed by atoms with van der Waals surface area (Å²) in [6.07, 6.45) is 2.99. The maximum atomic E-state index is 11.5. The van der Waals surface area contributed by atoms with Crippen molar-refractivity contribution in [3.8, 4) is 0 Å². The van der Waals surface area contributed by atoms with Crippen molar-refractivity contribution in [2.24, 2.45) is 4.99 Å². The second-order valence-corrected chi connectivity index (χ2v) is 5.00. The van der Waals surface area contributed by atoms with E-state index in [1.807, 2.05) is 20.8 Å². The molecule has 1 atom stereocenters. The maximum Gasteiger partial charge on any atom is 0.251 e. The minimum atomic E-state index is -0.185. The third kappa shape index (κ3) is 3.90. The Morgan fingerprint density at radius 1 is 1.47 bits per heavy atom. The first-order valence-electron chi connectivity index (χ1n) is 5.59. The Kier molecular flexibility index (Phi) is 3.72. The standard InChI is InChI=1S/C11H21N3O/c1-5-6-7-8-9(15)13-10(12-8)14-11(2,3)4/h8H,5-7H2,1-4H3,(H2,12,13,14,15). The topological polar surface area (TPSA) is 53.5 Å². The monoisotopic (exact) mass is 211 g/mol. The van der Waals surface area contributed by atoms with Crippen LogP contribution in [0.3, 0.4) is 0 Å². The van der Waals surface area contributed by atoms with Gasteiger partial charge < -0.3 is 5.32 Å². The molecule has 15 heavy (non-hydrogen) atoms. The molecular formula is C11H21N3O. The first kappa shape index (κ1) is 12.0. The van der Waals surface area contributed by atoms with E-state index in [-0.39, 0.29) is 17.5 Å². The van der Waals surface area contributed by atoms with Gasteiger partial charge in [0, 0.05) is 5.54 Å². The van der Waals surface area contributed by atoms with Crippen LogP contribution in [0.25, 0.3) is 0 Å². The zero-order valence-electron chi connectivity index (χ0n) is 10.1. The Morgan fingerprint density at radius 3 is 2.67 bits per heavy atom. The van der Waals surface area contributed by atoms with E-state index in [4.69, 9.17) is 0 Å². The van der Waals surface area contributed by atoms with E-state index in [1.165, 1.54) is 0 Å². The summed E-state index contributed by atoms with van der Waals surface area (Å²) in [5.74, 6) is 0.642. The minimum absolute atomic E-state index is 0.0233. The summed E-state index contributed by atoms with van der Waals surface area (Å²) in [5, 5.41) is 5.94. The fourth-order valence-corrected chi connectivity index (χ4v) is 1.46. The Morgan fingerprint density at radius 2 is 2.13 bits per heavy atom. The van der Waals surface area contributed by atoms with Crippen molar-refractivity contribution in [2.75, 3.05) is 0 Å². The van der Waals surface area contributed by atoms with Gasteiger partial charge in [-0.2, -0.15) is 0 Å². The SMILES string of the molecule is CCCCC1N=C(NC(C)(C)C)NC1=O. The van der Waals surface area contributed by atoms with Crippen LogP contribution in [0.15, 0.2) is 4.99 Å². The molecule has 0 bridgehead atoms. The Hall–Kier alpha value is -1.06. The van der Waals surface area contributed by atoms with Gasteiger partial charge in [0.15, 0.2) is 5.96 Å². The molecule has 1 amide bonds. The van der Waals surface area contributed by atoms with Crippen molar-refractivity contribution in [3.05, 3.63) is 0 Å². The predicted octanol–water partition coefficient (Wildman–Crippen LogP) is 1.42. The van der Waals surface area contributed by atoms with Crippen molar-refractivity contribution in [1.82, 2.24) is 10.6 Å². The highest BCUT2D eigenvalue weighted by Crippen LogP contribution is 2.10. The zero-order chi connectivity index (χ0) is 11.5. The molecule has 1 unspecified atom stereocenters. The summed E-state index contributed by atoms with van der Waals surface area (Å²) in [6.45, 7) is 8.24. The van der Waals surface area contributed by atoms with Crippen LogP contribution in [0.4, 0.5) is 0 Å². The van der Waals surface area contributed by atoms with Crippen LogP contribution in [0.2, 0.25) is 0 Å². The van der Waals surface area contributed by atoms with Crippen molar-refractivity contribution < 1.29 is 4.79 Å². The summed E-state index contributed by atoms with van der Waals surface area (Å²) in [7, 11) is 0. The van der Waals surface area contributed by atoms with Gasteiger partial charge in [-0.25, -0.2) is 4.99 Å². The lowest BCUT2D eigenvalue weighted by Gasteiger charge is -2.21. The van der Waals surface area contributed by atoms with Crippen LogP contribution < -0.4 is 10.6 Å². The highest BCUT2D eigenvalue weighted by atomic mass is 16.2. The molecule has 0 aromatic heterocycles. The second kappa shape index (κ2) is 4.64. The molecule has 1 aliphatic heterocycles. The van der Waals surface area contributed by atoms with Gasteiger partial charge in [-0.15, -0.1) is 0 Å². The molecule has 2 N–H and O–H groups in total. The quantitative estimate of drug-likeness (QED) is 0.741. The van der Waals surface area contributed by atoms with Crippen molar-refractivity contribution in [2.45, 2.75) is 58.5 Å². The number of amides is 1. The van der Waals surface area contributed by atoms with E-state index >= 15 is 0 Å². The van der Waals surface area contributed by atoms with E-state index in [9.17, 15) is 4.79 Å². The summed E-state index contributed by atoms with van der Waals surface area (Å²) in [6, 6.07) is -0.185. The zero-order valence-corrected chi connectivity index (χ0v) is 10.1. The fourth-order valence-electron chi connectivity index (χ4n) is 1.46. The molecule has 0 aliphatic carbocycles. The third-order valence-corrected chi connectivity index (χ3v) is 2.15. The maximum absolute atomic E-state index is 11.5. The summed E-state index contributed by atoms with van der Waals surface area (Å²) >= 11 is 0. The first-order valence-corrected chi connectivity index (χ1v) is 5.59. The minimum Gasteiger partial charge on any atom is -0.351 e. The number of unbranched alkanes of at least 4 members (excludes halogenated alkanes) is 1. The lowest BCUT2D eigenvalue weighted by Crippen LogP contribution is -2.46. The number of carbonyl (C=O) groups excluding carboxylic acids is 1. The van der Waals surface area contributed by atoms with Gasteiger partial charge >= 0.3 is 0 Å². The molecule has 0 aromatic rings. The molecule has 0 saturated heterocycles. The Balaban J connectivity index is 2.51. The number of hydrogen-bond donors (Lipinski definition) is 2. The van der Waals surface area contributed by atoms with Crippen LogP contribution in [0.1, 0.15) is 47.0 Å². The molecule has 1 rings (SSSR count). The Labute approximate surface area is 91.5 Å². The molecule has 4 nitrogen and oxygen atoms in total. The number of carbonyl (C=O) groups is 1. The van der Waals surface area contributed by atoms with Gasteiger partial charge in [0.1, 0.15) is 6.04 Å². The van der Waals surface area contributed by atoms with Crippen LogP contribution in [-0.2, 0) is 4.79 Å². The lowest BCUT2D eigenvalue weighted by molar-refractivity contribution is -0.120. The van der Waals surface area contributed by atoms with E-state index in [2.05, 4.69) is 22.5 Å². The van der Waals surface area contributed by atoms with E-state index in [0.29, 0.717) is 5.96 Å². The second-order valence-electron chi connectivity index (χ2n) is 5.00. The summed E-state index contributed by atoms with van der Waals surface area (Å²) < 4.78 is 0. The van der Waals surface area contributed by atoms with Gasteiger partial charge in [0.25, 0.3) is 5.91 Å². The van der Waals surface area contributed by atoms with E-state index in [1.54, 1.807) is 0 Å². The van der Waals surface area contributed by atoms with Crippen LogP contribution in [0.5, 0.6) is 0 Å². The largest absolute Gasteiger partial charge is 0.351 e. The van der Waals surface area contributed by atoms with Gasteiger partial charge in [-0.05, 0) is 27.2 Å². The molecule has 4 heteroatoms. The van der Waals surface area contributed by atoms with E-state index < -0.39 is 0 Å². The number of nitrogens with zero attached hydrogens (tertiary/aromatic N) is 1. The molecular weight excluding hydrogens is 190 g/mol. The molecule has 0 fully saturated rings. The lowest BCUT2D eigenvalue weighted by atomic mass is 10.1. The number of rotatable bonds is 3. The highest BCUT2D eigenvalue weighted by Gasteiger charge is 2.27. The predicted molar refractivity (Wildman–Crippen MR) is 61.8 cm³/mol. The van der Waals surface area contributed by atoms with Gasteiger partial charge in [0.05, 0.1) is 0 Å².